The summed E-state index contributed by atoms with van der Waals surface area (Å²) in [6.07, 6.45) is 0. The molecule has 1 heterocycles. The molecule has 0 saturated carbocycles. The number of nitrogens with zero attached hydrogens (tertiary/aromatic N) is 3. The first-order valence-corrected chi connectivity index (χ1v) is 4.78. The molecule has 0 aromatic heterocycles. The van der Waals surface area contributed by atoms with Crippen LogP contribution in [0.5, 0.6) is 0 Å². The van der Waals surface area contributed by atoms with Gasteiger partial charge in [-0.1, -0.05) is 33.9 Å². The highest BCUT2D eigenvalue weighted by atomic mass is 35.5. The number of rotatable bonds is 1. The number of hydrogen-bond acceptors (Lipinski definition) is 5. The Balaban J connectivity index is 2.50. The SMILES string of the molecule is NNN1Cc2cc(Cl)c(Cl)cc2[N+]([O-])=N1. The molecule has 0 atom stereocenters. The van der Waals surface area contributed by atoms with Gasteiger partial charge in [0.2, 0.25) is 0 Å². The van der Waals surface area contributed by atoms with E-state index in [4.69, 9.17) is 29.0 Å². The summed E-state index contributed by atoms with van der Waals surface area (Å²) in [5, 5.41) is 16.9. The highest BCUT2D eigenvalue weighted by Gasteiger charge is 2.22. The maximum Gasteiger partial charge on any atom is 0.163 e. The number of nitrogens with two attached hydrogens (primary N) is 1. The Morgan fingerprint density at radius 3 is 2.80 bits per heavy atom. The van der Waals surface area contributed by atoms with Gasteiger partial charge in [0.05, 0.1) is 10.0 Å². The van der Waals surface area contributed by atoms with E-state index >= 15 is 0 Å². The predicted octanol–water partition coefficient (Wildman–Crippen LogP) is 1.70. The summed E-state index contributed by atoms with van der Waals surface area (Å²) < 4.78 is 0. The Morgan fingerprint density at radius 1 is 1.47 bits per heavy atom. The van der Waals surface area contributed by atoms with Crippen molar-refractivity contribution in [2.75, 3.05) is 0 Å². The molecule has 0 radical (unpaired) electrons. The molecule has 8 heteroatoms. The molecule has 0 saturated heterocycles. The van der Waals surface area contributed by atoms with Crippen molar-refractivity contribution in [1.29, 1.82) is 0 Å². The van der Waals surface area contributed by atoms with Crippen LogP contribution in [0.4, 0.5) is 5.69 Å². The fourth-order valence-corrected chi connectivity index (χ4v) is 1.64. The third-order valence-electron chi connectivity index (χ3n) is 1.99. The maximum atomic E-state index is 11.4. The number of nitrogens with one attached hydrogen (secondary N) is 1. The molecule has 1 aliphatic heterocycles. The zero-order chi connectivity index (χ0) is 11.0. The topological polar surface area (TPSA) is 79.7 Å². The third kappa shape index (κ3) is 1.84. The molecule has 1 aliphatic rings. The summed E-state index contributed by atoms with van der Waals surface area (Å²) in [5.41, 5.74) is 3.33. The fourth-order valence-electron chi connectivity index (χ4n) is 1.29. The Hall–Kier alpha value is -1.08. The fraction of sp³-hybridized carbons (Fsp3) is 0.143. The monoisotopic (exact) mass is 247 g/mol. The quantitative estimate of drug-likeness (QED) is 0.343. The van der Waals surface area contributed by atoms with Crippen LogP contribution in [0.3, 0.4) is 0 Å². The molecule has 2 rings (SSSR count). The lowest BCUT2D eigenvalue weighted by Crippen LogP contribution is -2.40. The molecule has 0 fully saturated rings. The van der Waals surface area contributed by atoms with Crippen molar-refractivity contribution in [1.82, 2.24) is 10.7 Å². The van der Waals surface area contributed by atoms with Crippen LogP contribution in [-0.2, 0) is 6.54 Å². The van der Waals surface area contributed by atoms with Crippen molar-refractivity contribution >= 4 is 28.9 Å². The zero-order valence-electron chi connectivity index (χ0n) is 7.44. The lowest BCUT2D eigenvalue weighted by molar-refractivity contribution is -0.472. The summed E-state index contributed by atoms with van der Waals surface area (Å²) in [5.74, 6) is 5.15. The van der Waals surface area contributed by atoms with Gasteiger partial charge in [-0.25, -0.2) is 5.84 Å². The number of fused-ring (bicyclic) bond motifs is 1. The minimum Gasteiger partial charge on any atom is -0.691 e. The summed E-state index contributed by atoms with van der Waals surface area (Å²) in [7, 11) is 0. The molecule has 0 unspecified atom stereocenters. The van der Waals surface area contributed by atoms with Crippen molar-refractivity contribution in [2.24, 2.45) is 11.1 Å². The standard InChI is InChI=1S/C7H7Cl2N5O/c8-5-1-4-3-13(11-10)12-14(15)7(4)2-6(5)9/h1-2,11H,3,10H2. The second kappa shape index (κ2) is 3.82. The van der Waals surface area contributed by atoms with Gasteiger partial charge < -0.3 is 5.21 Å². The molecular formula is C7H7Cl2N5O. The Bertz CT molecular complexity index is 436. The van der Waals surface area contributed by atoms with E-state index in [-0.39, 0.29) is 0 Å². The van der Waals surface area contributed by atoms with Crippen LogP contribution in [0.15, 0.2) is 17.4 Å². The molecule has 0 amide bonds. The van der Waals surface area contributed by atoms with Crippen LogP contribution in [0.1, 0.15) is 5.56 Å². The summed E-state index contributed by atoms with van der Waals surface area (Å²) in [6.45, 7) is 0.349. The van der Waals surface area contributed by atoms with Gasteiger partial charge in [0.25, 0.3) is 0 Å². The Morgan fingerprint density at radius 2 is 2.13 bits per heavy atom. The van der Waals surface area contributed by atoms with Crippen LogP contribution in [0.2, 0.25) is 10.0 Å². The van der Waals surface area contributed by atoms with E-state index in [0.29, 0.717) is 32.7 Å². The predicted molar refractivity (Wildman–Crippen MR) is 55.0 cm³/mol. The Labute approximate surface area is 95.4 Å². The van der Waals surface area contributed by atoms with Gasteiger partial charge in [-0.3, -0.25) is 0 Å². The van der Waals surface area contributed by atoms with Gasteiger partial charge in [-0.05, 0) is 6.07 Å². The number of halogens is 2. The van der Waals surface area contributed by atoms with Crippen LogP contribution in [-0.4, -0.2) is 9.98 Å². The molecule has 15 heavy (non-hydrogen) atoms. The van der Waals surface area contributed by atoms with E-state index in [1.165, 1.54) is 11.2 Å². The molecule has 80 valence electrons. The van der Waals surface area contributed by atoms with Gasteiger partial charge >= 0.3 is 0 Å². The molecule has 0 bridgehead atoms. The number of benzene rings is 1. The molecule has 1 aromatic carbocycles. The van der Waals surface area contributed by atoms with E-state index < -0.39 is 0 Å². The lowest BCUT2D eigenvalue weighted by atomic mass is 10.2. The second-order valence-corrected chi connectivity index (χ2v) is 3.76. The van der Waals surface area contributed by atoms with Crippen LogP contribution in [0.25, 0.3) is 0 Å². The highest BCUT2D eigenvalue weighted by molar-refractivity contribution is 6.42. The zero-order valence-corrected chi connectivity index (χ0v) is 8.96. The number of hydrazine groups is 2. The van der Waals surface area contributed by atoms with Gasteiger partial charge in [-0.2, -0.15) is 0 Å². The van der Waals surface area contributed by atoms with Crippen molar-refractivity contribution in [3.05, 3.63) is 32.9 Å². The van der Waals surface area contributed by atoms with E-state index in [0.717, 1.165) is 0 Å². The van der Waals surface area contributed by atoms with Gasteiger partial charge in [0.1, 0.15) is 5.22 Å². The minimum absolute atomic E-state index is 0.320. The first-order chi connectivity index (χ1) is 7.11. The second-order valence-electron chi connectivity index (χ2n) is 2.94. The average Bonchev–Trinajstić information content (AvgIpc) is 2.21. The normalized spacial score (nSPS) is 14.9. The minimum atomic E-state index is 0.320. The van der Waals surface area contributed by atoms with E-state index in [2.05, 4.69) is 10.8 Å². The Kier molecular flexibility index (Phi) is 2.66. The molecular weight excluding hydrogens is 241 g/mol. The molecule has 1 aromatic rings. The average molecular weight is 248 g/mol. The van der Waals surface area contributed by atoms with E-state index in [1.54, 1.807) is 6.07 Å². The van der Waals surface area contributed by atoms with Crippen LogP contribution >= 0.6 is 23.2 Å². The summed E-state index contributed by atoms with van der Waals surface area (Å²) >= 11 is 11.6. The molecule has 0 aliphatic carbocycles. The van der Waals surface area contributed by atoms with Crippen LogP contribution < -0.4 is 11.4 Å². The lowest BCUT2D eigenvalue weighted by Gasteiger charge is -2.20. The van der Waals surface area contributed by atoms with Crippen molar-refractivity contribution in [3.8, 4) is 0 Å². The highest BCUT2D eigenvalue weighted by Crippen LogP contribution is 2.33. The molecule has 6 nitrogen and oxygen atoms in total. The van der Waals surface area contributed by atoms with Crippen molar-refractivity contribution in [2.45, 2.75) is 6.54 Å². The van der Waals surface area contributed by atoms with Crippen molar-refractivity contribution in [3.63, 3.8) is 0 Å². The largest absolute Gasteiger partial charge is 0.691 e. The molecule has 0 spiro atoms. The van der Waals surface area contributed by atoms with Gasteiger partial charge in [-0.15, -0.1) is 4.86 Å². The molecule has 3 N–H and O–H groups in total. The third-order valence-corrected chi connectivity index (χ3v) is 2.71. The first kappa shape index (κ1) is 10.4. The maximum absolute atomic E-state index is 11.4. The van der Waals surface area contributed by atoms with E-state index in [9.17, 15) is 5.21 Å². The van der Waals surface area contributed by atoms with Crippen LogP contribution in [0, 0.1) is 5.21 Å². The van der Waals surface area contributed by atoms with Gasteiger partial charge in [0.15, 0.2) is 12.2 Å². The number of hydrogen-bond donors (Lipinski definition) is 2. The first-order valence-electron chi connectivity index (χ1n) is 4.02. The summed E-state index contributed by atoms with van der Waals surface area (Å²) in [4.78, 5) is 0.431. The summed E-state index contributed by atoms with van der Waals surface area (Å²) in [6, 6.07) is 3.09. The van der Waals surface area contributed by atoms with E-state index in [1.807, 2.05) is 0 Å². The van der Waals surface area contributed by atoms with Crippen molar-refractivity contribution < 1.29 is 4.86 Å². The smallest absolute Gasteiger partial charge is 0.163 e. The van der Waals surface area contributed by atoms with Gasteiger partial charge in [0, 0.05) is 11.6 Å².